The maximum atomic E-state index is 6.37. The summed E-state index contributed by atoms with van der Waals surface area (Å²) in [6, 6.07) is 3.66. The average molecular weight is 351 g/mol. The molecule has 0 aromatic carbocycles. The minimum absolute atomic E-state index is 0.403. The monoisotopic (exact) mass is 350 g/mol. The lowest BCUT2D eigenvalue weighted by atomic mass is 9.67. The van der Waals surface area contributed by atoms with E-state index in [9.17, 15) is 0 Å². The van der Waals surface area contributed by atoms with Crippen LogP contribution < -0.4 is 0 Å². The maximum Gasteiger partial charge on any atom is 0.141 e. The van der Waals surface area contributed by atoms with Crippen molar-refractivity contribution < 1.29 is 4.52 Å². The quantitative estimate of drug-likeness (QED) is 0.705. The Morgan fingerprint density at radius 1 is 1.17 bits per heavy atom. The van der Waals surface area contributed by atoms with E-state index in [0.29, 0.717) is 23.3 Å². The molecule has 2 aliphatic heterocycles. The lowest BCUT2D eigenvalue weighted by molar-refractivity contribution is 0.0519. The molecular formula is C20H31ClN2O. The van der Waals surface area contributed by atoms with Gasteiger partial charge in [0.1, 0.15) is 5.76 Å². The van der Waals surface area contributed by atoms with Crippen molar-refractivity contribution in [3.05, 3.63) is 17.5 Å². The molecule has 0 radical (unpaired) electrons. The summed E-state index contributed by atoms with van der Waals surface area (Å²) in [6.45, 7) is 4.39. The molecule has 3 fully saturated rings. The highest BCUT2D eigenvalue weighted by molar-refractivity contribution is 6.20. The van der Waals surface area contributed by atoms with Crippen LogP contribution in [0.4, 0.5) is 0 Å². The Kier molecular flexibility index (Phi) is 4.68. The fraction of sp³-hybridized carbons (Fsp3) is 0.850. The third kappa shape index (κ3) is 2.92. The second kappa shape index (κ2) is 6.64. The molecule has 3 heterocycles. The Hall–Kier alpha value is -0.540. The second-order valence-corrected chi connectivity index (χ2v) is 9.33. The van der Waals surface area contributed by atoms with Crippen LogP contribution in [0.3, 0.4) is 0 Å². The number of halogens is 1. The first kappa shape index (κ1) is 16.9. The summed E-state index contributed by atoms with van der Waals surface area (Å²) >= 11 is 6.37. The molecule has 0 spiro atoms. The van der Waals surface area contributed by atoms with Crippen molar-refractivity contribution in [1.82, 2.24) is 10.1 Å². The number of nitrogens with zero attached hydrogens (tertiary/aromatic N) is 2. The number of rotatable bonds is 3. The van der Waals surface area contributed by atoms with Gasteiger partial charge in [0.15, 0.2) is 0 Å². The average Bonchev–Trinajstić information content (AvgIpc) is 3.12. The van der Waals surface area contributed by atoms with Crippen LogP contribution in [0, 0.1) is 11.8 Å². The number of aromatic nitrogens is 1. The van der Waals surface area contributed by atoms with Crippen LogP contribution in [0.15, 0.2) is 10.6 Å². The molecule has 4 heteroatoms. The third-order valence-electron chi connectivity index (χ3n) is 7.09. The summed E-state index contributed by atoms with van der Waals surface area (Å²) in [5, 5.41) is 4.78. The van der Waals surface area contributed by atoms with Crippen LogP contribution in [0.5, 0.6) is 0 Å². The van der Waals surface area contributed by atoms with E-state index in [1.807, 2.05) is 0 Å². The van der Waals surface area contributed by atoms with Gasteiger partial charge < -0.3 is 4.52 Å². The first-order chi connectivity index (χ1) is 11.5. The first-order valence-corrected chi connectivity index (χ1v) is 10.3. The minimum Gasteiger partial charge on any atom is -0.361 e. The van der Waals surface area contributed by atoms with E-state index in [1.54, 1.807) is 0 Å². The summed E-state index contributed by atoms with van der Waals surface area (Å²) in [5.74, 6) is 3.66. The predicted molar refractivity (Wildman–Crippen MR) is 97.6 cm³/mol. The van der Waals surface area contributed by atoms with Crippen molar-refractivity contribution in [3.63, 3.8) is 0 Å². The molecule has 1 unspecified atom stereocenters. The number of likely N-dealkylation sites (N-methyl/N-ethyl adjacent to an activating group) is 1. The molecule has 3 nitrogen and oxygen atoms in total. The van der Waals surface area contributed by atoms with Crippen molar-refractivity contribution in [2.45, 2.75) is 88.1 Å². The van der Waals surface area contributed by atoms with E-state index in [1.165, 1.54) is 44.9 Å². The molecule has 2 saturated heterocycles. The topological polar surface area (TPSA) is 29.3 Å². The Morgan fingerprint density at radius 2 is 1.92 bits per heavy atom. The predicted octanol–water partition coefficient (Wildman–Crippen LogP) is 5.16. The van der Waals surface area contributed by atoms with Crippen molar-refractivity contribution in [2.24, 2.45) is 11.8 Å². The van der Waals surface area contributed by atoms with Gasteiger partial charge in [0.05, 0.1) is 5.69 Å². The Balaban J connectivity index is 1.62. The molecule has 2 bridgehead atoms. The number of hydrogen-bond acceptors (Lipinski definition) is 3. The van der Waals surface area contributed by atoms with E-state index < -0.39 is 0 Å². The molecule has 1 aliphatic carbocycles. The Morgan fingerprint density at radius 3 is 2.58 bits per heavy atom. The Labute approximate surface area is 151 Å². The van der Waals surface area contributed by atoms with Gasteiger partial charge in [0.25, 0.3) is 0 Å². The molecule has 0 amide bonds. The van der Waals surface area contributed by atoms with Crippen LogP contribution in [-0.4, -0.2) is 34.6 Å². The van der Waals surface area contributed by atoms with Gasteiger partial charge in [0.2, 0.25) is 0 Å². The van der Waals surface area contributed by atoms with Gasteiger partial charge in [-0.25, -0.2) is 0 Å². The number of piperidine rings is 1. The summed E-state index contributed by atoms with van der Waals surface area (Å²) in [6.07, 6.45) is 8.96. The summed E-state index contributed by atoms with van der Waals surface area (Å²) in [5.41, 5.74) is 1.11. The van der Waals surface area contributed by atoms with E-state index >= 15 is 0 Å². The van der Waals surface area contributed by atoms with Gasteiger partial charge in [-0.15, -0.1) is 11.6 Å². The van der Waals surface area contributed by atoms with Crippen molar-refractivity contribution in [3.8, 4) is 0 Å². The molecule has 0 N–H and O–H groups in total. The molecule has 1 aromatic rings. The zero-order valence-corrected chi connectivity index (χ0v) is 16.0. The summed E-state index contributed by atoms with van der Waals surface area (Å²) in [4.78, 5) is 2.63. The van der Waals surface area contributed by atoms with Crippen molar-refractivity contribution in [2.75, 3.05) is 7.05 Å². The summed E-state index contributed by atoms with van der Waals surface area (Å²) in [7, 11) is 2.32. The minimum atomic E-state index is 0.403. The van der Waals surface area contributed by atoms with Gasteiger partial charge in [-0.05, 0) is 69.7 Å². The highest BCUT2D eigenvalue weighted by atomic mass is 35.5. The van der Waals surface area contributed by atoms with Crippen LogP contribution in [-0.2, 0) is 0 Å². The lowest BCUT2D eigenvalue weighted by Gasteiger charge is -2.46. The summed E-state index contributed by atoms with van der Waals surface area (Å²) < 4.78 is 5.90. The smallest absolute Gasteiger partial charge is 0.141 e. The fourth-order valence-corrected chi connectivity index (χ4v) is 5.88. The highest BCUT2D eigenvalue weighted by Gasteiger charge is 2.50. The largest absolute Gasteiger partial charge is 0.361 e. The lowest BCUT2D eigenvalue weighted by Crippen LogP contribution is -2.47. The second-order valence-electron chi connectivity index (χ2n) is 8.71. The standard InChI is InChI=1S/C20H31ClN2O/c1-12(2)17-11-19(24-22-17)20-16(13-4-6-14(21)7-5-13)10-15-8-9-18(20)23(15)3/h11-16,18,20H,4-10H2,1-3H3/t13?,14?,15-,16-,18?,20+/m1/s1. The van der Waals surface area contributed by atoms with Gasteiger partial charge in [0, 0.05) is 29.4 Å². The van der Waals surface area contributed by atoms with Crippen LogP contribution in [0.1, 0.15) is 82.1 Å². The molecule has 1 aromatic heterocycles. The van der Waals surface area contributed by atoms with E-state index in [4.69, 9.17) is 16.1 Å². The molecule has 24 heavy (non-hydrogen) atoms. The molecule has 134 valence electrons. The zero-order valence-electron chi connectivity index (χ0n) is 15.2. The van der Waals surface area contributed by atoms with Crippen LogP contribution in [0.2, 0.25) is 0 Å². The first-order valence-electron chi connectivity index (χ1n) is 9.87. The number of alkyl halides is 1. The van der Waals surface area contributed by atoms with Crippen LogP contribution >= 0.6 is 11.6 Å². The third-order valence-corrected chi connectivity index (χ3v) is 7.52. The molecule has 4 rings (SSSR count). The van der Waals surface area contributed by atoms with Gasteiger partial charge >= 0.3 is 0 Å². The maximum absolute atomic E-state index is 6.37. The fourth-order valence-electron chi connectivity index (χ4n) is 5.63. The van der Waals surface area contributed by atoms with Crippen LogP contribution in [0.25, 0.3) is 0 Å². The van der Waals surface area contributed by atoms with Gasteiger partial charge in [-0.3, -0.25) is 4.90 Å². The Bertz CT molecular complexity index is 564. The molecule has 1 saturated carbocycles. The highest BCUT2D eigenvalue weighted by Crippen LogP contribution is 2.52. The van der Waals surface area contributed by atoms with E-state index in [2.05, 4.69) is 37.0 Å². The van der Waals surface area contributed by atoms with E-state index in [0.717, 1.165) is 29.3 Å². The van der Waals surface area contributed by atoms with Gasteiger partial charge in [-0.1, -0.05) is 19.0 Å². The van der Waals surface area contributed by atoms with Crippen molar-refractivity contribution >= 4 is 11.6 Å². The van der Waals surface area contributed by atoms with Gasteiger partial charge in [-0.2, -0.15) is 0 Å². The van der Waals surface area contributed by atoms with E-state index in [-0.39, 0.29) is 0 Å². The zero-order chi connectivity index (χ0) is 16.8. The SMILES string of the molecule is CC(C)c1cc([C@@H]2C3CC[C@H](C[C@@H]2C2CCC(Cl)CC2)N3C)on1. The molecular weight excluding hydrogens is 320 g/mol. The normalized spacial score (nSPS) is 40.4. The number of fused-ring (bicyclic) bond motifs is 2. The molecule has 3 aliphatic rings. The van der Waals surface area contributed by atoms with Crippen molar-refractivity contribution in [1.29, 1.82) is 0 Å². The molecule has 4 atom stereocenters. The number of hydrogen-bond donors (Lipinski definition) is 0.